The van der Waals surface area contributed by atoms with Gasteiger partial charge in [-0.2, -0.15) is 0 Å². The third-order valence-corrected chi connectivity index (χ3v) is 3.38. The molecule has 3 rings (SSSR count). The molecular weight excluding hydrogens is 260 g/mol. The molecule has 96 valence electrons. The maximum atomic E-state index is 5.94. The van der Waals surface area contributed by atoms with E-state index in [9.17, 15) is 0 Å². The Bertz CT molecular complexity index is 688. The zero-order valence-electron chi connectivity index (χ0n) is 10.5. The zero-order chi connectivity index (χ0) is 13.2. The second-order valence-corrected chi connectivity index (χ2v) is 4.53. The summed E-state index contributed by atoms with van der Waals surface area (Å²) < 4.78 is 5.27. The summed E-state index contributed by atoms with van der Waals surface area (Å²) in [6.45, 7) is 0. The monoisotopic (exact) mass is 272 g/mol. The summed E-state index contributed by atoms with van der Waals surface area (Å²) in [6.07, 6.45) is 0. The summed E-state index contributed by atoms with van der Waals surface area (Å²) in [5.74, 6) is 2.06. The Balaban J connectivity index is 2.10. The molecule has 0 spiro atoms. The minimum Gasteiger partial charge on any atom is -0.496 e. The average molecular weight is 273 g/mol. The number of alkyl halides is 1. The SMILES string of the molecule is COc1ccc(-c2nc3ccccc3[nH]2)cc1CCl. The molecule has 1 N–H and O–H groups in total. The molecule has 1 aromatic heterocycles. The van der Waals surface area contributed by atoms with Gasteiger partial charge in [-0.3, -0.25) is 0 Å². The third kappa shape index (κ3) is 2.17. The number of aromatic amines is 1. The minimum atomic E-state index is 0.414. The number of hydrogen-bond donors (Lipinski definition) is 1. The van der Waals surface area contributed by atoms with E-state index in [1.807, 2.05) is 42.5 Å². The van der Waals surface area contributed by atoms with Crippen molar-refractivity contribution in [2.75, 3.05) is 7.11 Å². The lowest BCUT2D eigenvalue weighted by Gasteiger charge is -2.07. The first-order chi connectivity index (χ1) is 9.31. The molecule has 0 aliphatic heterocycles. The second-order valence-electron chi connectivity index (χ2n) is 4.26. The highest BCUT2D eigenvalue weighted by atomic mass is 35.5. The molecule has 0 bridgehead atoms. The van der Waals surface area contributed by atoms with Gasteiger partial charge in [0.15, 0.2) is 0 Å². The van der Waals surface area contributed by atoms with Crippen LogP contribution in [0.15, 0.2) is 42.5 Å². The van der Waals surface area contributed by atoms with E-state index in [0.29, 0.717) is 5.88 Å². The van der Waals surface area contributed by atoms with Crippen LogP contribution in [0.3, 0.4) is 0 Å². The summed E-state index contributed by atoms with van der Waals surface area (Å²) in [7, 11) is 1.65. The standard InChI is InChI=1S/C15H13ClN2O/c1-19-14-7-6-10(8-11(14)9-16)15-17-12-4-2-3-5-13(12)18-15/h2-8H,9H2,1H3,(H,17,18). The van der Waals surface area contributed by atoms with Gasteiger partial charge in [-0.15, -0.1) is 11.6 Å². The van der Waals surface area contributed by atoms with Crippen molar-refractivity contribution in [1.82, 2.24) is 9.97 Å². The van der Waals surface area contributed by atoms with E-state index in [0.717, 1.165) is 33.7 Å². The van der Waals surface area contributed by atoms with Crippen molar-refractivity contribution >= 4 is 22.6 Å². The van der Waals surface area contributed by atoms with E-state index in [-0.39, 0.29) is 0 Å². The predicted octanol–water partition coefficient (Wildman–Crippen LogP) is 3.98. The van der Waals surface area contributed by atoms with E-state index in [4.69, 9.17) is 16.3 Å². The fourth-order valence-corrected chi connectivity index (χ4v) is 2.33. The highest BCUT2D eigenvalue weighted by molar-refractivity contribution is 6.17. The number of H-pyrrole nitrogens is 1. The molecule has 4 heteroatoms. The molecule has 0 amide bonds. The number of aromatic nitrogens is 2. The minimum absolute atomic E-state index is 0.414. The zero-order valence-corrected chi connectivity index (χ0v) is 11.2. The van der Waals surface area contributed by atoms with E-state index in [1.54, 1.807) is 7.11 Å². The lowest BCUT2D eigenvalue weighted by molar-refractivity contribution is 0.411. The van der Waals surface area contributed by atoms with Gasteiger partial charge in [-0.05, 0) is 30.3 Å². The normalized spacial score (nSPS) is 10.8. The molecule has 3 nitrogen and oxygen atoms in total. The summed E-state index contributed by atoms with van der Waals surface area (Å²) in [4.78, 5) is 7.88. The number of imidazole rings is 1. The Morgan fingerprint density at radius 1 is 1.21 bits per heavy atom. The molecular formula is C15H13ClN2O. The smallest absolute Gasteiger partial charge is 0.138 e. The van der Waals surface area contributed by atoms with Crippen molar-refractivity contribution in [2.45, 2.75) is 5.88 Å². The second kappa shape index (κ2) is 4.94. The Morgan fingerprint density at radius 3 is 2.79 bits per heavy atom. The highest BCUT2D eigenvalue weighted by Crippen LogP contribution is 2.27. The summed E-state index contributed by atoms with van der Waals surface area (Å²) in [6, 6.07) is 13.9. The van der Waals surface area contributed by atoms with Crippen molar-refractivity contribution in [3.05, 3.63) is 48.0 Å². The molecule has 1 heterocycles. The van der Waals surface area contributed by atoms with Gasteiger partial charge in [0.25, 0.3) is 0 Å². The van der Waals surface area contributed by atoms with Gasteiger partial charge in [0.2, 0.25) is 0 Å². The van der Waals surface area contributed by atoms with Crippen molar-refractivity contribution in [2.24, 2.45) is 0 Å². The first-order valence-corrected chi connectivity index (χ1v) is 6.53. The molecule has 3 aromatic rings. The number of rotatable bonds is 3. The number of halogens is 1. The van der Waals surface area contributed by atoms with Crippen LogP contribution in [0.4, 0.5) is 0 Å². The van der Waals surface area contributed by atoms with Crippen molar-refractivity contribution in [3.63, 3.8) is 0 Å². The number of ether oxygens (including phenoxy) is 1. The van der Waals surface area contributed by atoms with Gasteiger partial charge in [0, 0.05) is 11.1 Å². The highest BCUT2D eigenvalue weighted by Gasteiger charge is 2.08. The van der Waals surface area contributed by atoms with E-state index >= 15 is 0 Å². The van der Waals surface area contributed by atoms with Crippen LogP contribution < -0.4 is 4.74 Å². The van der Waals surface area contributed by atoms with E-state index in [1.165, 1.54) is 0 Å². The number of para-hydroxylation sites is 2. The van der Waals surface area contributed by atoms with Crippen LogP contribution >= 0.6 is 11.6 Å². The molecule has 0 radical (unpaired) electrons. The maximum absolute atomic E-state index is 5.94. The van der Waals surface area contributed by atoms with Crippen molar-refractivity contribution in [3.8, 4) is 17.1 Å². The van der Waals surface area contributed by atoms with Crippen LogP contribution in [-0.4, -0.2) is 17.1 Å². The average Bonchev–Trinajstić information content (AvgIpc) is 2.90. The Kier molecular flexibility index (Phi) is 3.13. The van der Waals surface area contributed by atoms with E-state index in [2.05, 4.69) is 9.97 Å². The number of hydrogen-bond acceptors (Lipinski definition) is 2. The fourth-order valence-electron chi connectivity index (χ4n) is 2.12. The lowest BCUT2D eigenvalue weighted by atomic mass is 10.1. The van der Waals surface area contributed by atoms with Gasteiger partial charge < -0.3 is 9.72 Å². The van der Waals surface area contributed by atoms with Crippen LogP contribution in [0.2, 0.25) is 0 Å². The van der Waals surface area contributed by atoms with E-state index < -0.39 is 0 Å². The molecule has 0 atom stereocenters. The van der Waals surface area contributed by atoms with Crippen LogP contribution in [0.5, 0.6) is 5.75 Å². The van der Waals surface area contributed by atoms with Crippen molar-refractivity contribution in [1.29, 1.82) is 0 Å². The van der Waals surface area contributed by atoms with Gasteiger partial charge >= 0.3 is 0 Å². The number of nitrogens with one attached hydrogen (secondary N) is 1. The van der Waals surface area contributed by atoms with Crippen LogP contribution in [0.1, 0.15) is 5.56 Å². The molecule has 0 saturated carbocycles. The van der Waals surface area contributed by atoms with Gasteiger partial charge in [0.05, 0.1) is 24.0 Å². The van der Waals surface area contributed by atoms with Crippen LogP contribution in [0.25, 0.3) is 22.4 Å². The molecule has 0 fully saturated rings. The molecule has 0 saturated heterocycles. The maximum Gasteiger partial charge on any atom is 0.138 e. The van der Waals surface area contributed by atoms with Gasteiger partial charge in [-0.25, -0.2) is 4.98 Å². The van der Waals surface area contributed by atoms with Gasteiger partial charge in [0.1, 0.15) is 11.6 Å². The quantitative estimate of drug-likeness (QED) is 0.733. The molecule has 19 heavy (non-hydrogen) atoms. The molecule has 0 unspecified atom stereocenters. The number of benzene rings is 2. The summed E-state index contributed by atoms with van der Waals surface area (Å²) in [5.41, 5.74) is 3.95. The van der Waals surface area contributed by atoms with Gasteiger partial charge in [-0.1, -0.05) is 12.1 Å². The van der Waals surface area contributed by atoms with Crippen LogP contribution in [-0.2, 0) is 5.88 Å². The molecule has 0 aliphatic carbocycles. The third-order valence-electron chi connectivity index (χ3n) is 3.09. The Labute approximate surface area is 116 Å². The first-order valence-electron chi connectivity index (χ1n) is 6.00. The number of nitrogens with zero attached hydrogens (tertiary/aromatic N) is 1. The van der Waals surface area contributed by atoms with Crippen LogP contribution in [0, 0.1) is 0 Å². The Morgan fingerprint density at radius 2 is 2.05 bits per heavy atom. The fraction of sp³-hybridized carbons (Fsp3) is 0.133. The summed E-state index contributed by atoms with van der Waals surface area (Å²) in [5, 5.41) is 0. The largest absolute Gasteiger partial charge is 0.496 e. The summed E-state index contributed by atoms with van der Waals surface area (Å²) >= 11 is 5.94. The number of fused-ring (bicyclic) bond motifs is 1. The van der Waals surface area contributed by atoms with Crippen molar-refractivity contribution < 1.29 is 4.74 Å². The first kappa shape index (κ1) is 12.1. The number of methoxy groups -OCH3 is 1. The Hall–Kier alpha value is -2.00. The predicted molar refractivity (Wildman–Crippen MR) is 77.6 cm³/mol. The topological polar surface area (TPSA) is 37.9 Å². The lowest BCUT2D eigenvalue weighted by Crippen LogP contribution is -1.91. The molecule has 0 aliphatic rings. The molecule has 2 aromatic carbocycles.